The van der Waals surface area contributed by atoms with Crippen molar-refractivity contribution in [3.8, 4) is 0 Å². The molecule has 98 valence electrons. The number of hydrogen-bond acceptors (Lipinski definition) is 5. The van der Waals surface area contributed by atoms with Gasteiger partial charge in [0, 0.05) is 31.3 Å². The summed E-state index contributed by atoms with van der Waals surface area (Å²) in [4.78, 5) is 28.9. The van der Waals surface area contributed by atoms with Gasteiger partial charge < -0.3 is 0 Å². The number of aromatic nitrogens is 3. The van der Waals surface area contributed by atoms with E-state index in [1.54, 1.807) is 11.1 Å². The molecule has 1 fully saturated rings. The number of carbonyl (C=O) groups is 2. The second kappa shape index (κ2) is 4.65. The fraction of sp³-hybridized carbons (Fsp3) is 0.333. The van der Waals surface area contributed by atoms with Crippen LogP contribution in [0.5, 0.6) is 0 Å². The van der Waals surface area contributed by atoms with E-state index in [9.17, 15) is 9.59 Å². The third-order valence-electron chi connectivity index (χ3n) is 2.99. The second-order valence-electron chi connectivity index (χ2n) is 4.39. The van der Waals surface area contributed by atoms with Gasteiger partial charge in [0.2, 0.25) is 5.91 Å². The first-order valence-corrected chi connectivity index (χ1v) is 6.80. The van der Waals surface area contributed by atoms with E-state index in [1.807, 2.05) is 12.1 Å². The Morgan fingerprint density at radius 3 is 3.21 bits per heavy atom. The highest BCUT2D eigenvalue weighted by Gasteiger charge is 2.34. The number of fused-ring (bicyclic) bond motifs is 1. The number of carbonyl (C=O) groups excluding carboxylic acids is 2. The predicted octanol–water partition coefficient (Wildman–Crippen LogP) is 1.34. The highest BCUT2D eigenvalue weighted by molar-refractivity contribution is 8.14. The van der Waals surface area contributed by atoms with E-state index in [0.717, 1.165) is 5.39 Å². The van der Waals surface area contributed by atoms with Crippen LogP contribution in [0.4, 0.5) is 5.82 Å². The van der Waals surface area contributed by atoms with Crippen LogP contribution in [0.3, 0.4) is 0 Å². The van der Waals surface area contributed by atoms with Crippen LogP contribution in [-0.2, 0) is 9.59 Å². The molecule has 6 nitrogen and oxygen atoms in total. The van der Waals surface area contributed by atoms with E-state index in [2.05, 4.69) is 15.2 Å². The van der Waals surface area contributed by atoms with Gasteiger partial charge in [-0.1, -0.05) is 11.8 Å². The molecule has 7 heteroatoms. The van der Waals surface area contributed by atoms with E-state index in [-0.39, 0.29) is 16.3 Å². The quantitative estimate of drug-likeness (QED) is 0.895. The van der Waals surface area contributed by atoms with Gasteiger partial charge in [-0.15, -0.1) is 0 Å². The Balaban J connectivity index is 1.90. The molecule has 1 saturated heterocycles. The molecule has 1 unspecified atom stereocenters. The van der Waals surface area contributed by atoms with Crippen molar-refractivity contribution in [2.75, 3.05) is 11.4 Å². The van der Waals surface area contributed by atoms with Gasteiger partial charge >= 0.3 is 0 Å². The molecular formula is C12H12N4O2S. The summed E-state index contributed by atoms with van der Waals surface area (Å²) >= 11 is 1.22. The van der Waals surface area contributed by atoms with Crippen LogP contribution in [0.1, 0.15) is 13.3 Å². The van der Waals surface area contributed by atoms with Crippen LogP contribution >= 0.6 is 11.8 Å². The lowest BCUT2D eigenvalue weighted by atomic mass is 10.3. The zero-order chi connectivity index (χ0) is 13.4. The van der Waals surface area contributed by atoms with Crippen molar-refractivity contribution < 1.29 is 9.59 Å². The third kappa shape index (κ3) is 2.21. The Morgan fingerprint density at radius 2 is 2.42 bits per heavy atom. The minimum Gasteiger partial charge on any atom is -0.294 e. The Hall–Kier alpha value is -1.89. The molecule has 1 amide bonds. The normalized spacial score (nSPS) is 19.3. The van der Waals surface area contributed by atoms with Gasteiger partial charge in [0.15, 0.2) is 16.6 Å². The largest absolute Gasteiger partial charge is 0.294 e. The monoisotopic (exact) mass is 276 g/mol. The van der Waals surface area contributed by atoms with Crippen LogP contribution in [0, 0.1) is 0 Å². The van der Waals surface area contributed by atoms with E-state index in [0.29, 0.717) is 24.4 Å². The molecule has 1 aliphatic heterocycles. The van der Waals surface area contributed by atoms with Crippen molar-refractivity contribution in [1.29, 1.82) is 0 Å². The number of nitrogens with one attached hydrogen (secondary N) is 1. The van der Waals surface area contributed by atoms with Crippen LogP contribution in [0.2, 0.25) is 0 Å². The molecule has 19 heavy (non-hydrogen) atoms. The van der Waals surface area contributed by atoms with Gasteiger partial charge in [-0.3, -0.25) is 19.6 Å². The summed E-state index contributed by atoms with van der Waals surface area (Å²) in [5.74, 6) is 0.593. The van der Waals surface area contributed by atoms with Gasteiger partial charge in [-0.05, 0) is 12.1 Å². The van der Waals surface area contributed by atoms with E-state index in [1.165, 1.54) is 18.7 Å². The molecule has 3 rings (SSSR count). The second-order valence-corrected chi connectivity index (χ2v) is 5.86. The Morgan fingerprint density at radius 1 is 1.58 bits per heavy atom. The van der Waals surface area contributed by atoms with Crippen molar-refractivity contribution in [3.63, 3.8) is 0 Å². The van der Waals surface area contributed by atoms with Crippen molar-refractivity contribution in [2.45, 2.75) is 18.6 Å². The third-order valence-corrected chi connectivity index (χ3v) is 3.98. The van der Waals surface area contributed by atoms with Gasteiger partial charge in [-0.25, -0.2) is 4.98 Å². The summed E-state index contributed by atoms with van der Waals surface area (Å²) in [6.07, 6.45) is 2.05. The fourth-order valence-corrected chi connectivity index (χ4v) is 3.16. The number of H-pyrrole nitrogens is 1. The zero-order valence-corrected chi connectivity index (χ0v) is 11.1. The first-order chi connectivity index (χ1) is 9.15. The molecular weight excluding hydrogens is 264 g/mol. The minimum atomic E-state index is -0.00370. The molecule has 0 radical (unpaired) electrons. The standard InChI is InChI=1S/C12H12N4O2S/c1-7(17)19-8-5-10(18)16(6-8)12-9-3-2-4-13-11(9)14-15-12/h2-4,8H,5-6H2,1H3,(H,13,14,15). The number of amides is 1. The smallest absolute Gasteiger partial charge is 0.229 e. The Labute approximate surface area is 113 Å². The molecule has 0 saturated carbocycles. The van der Waals surface area contributed by atoms with Crippen molar-refractivity contribution >= 4 is 39.6 Å². The lowest BCUT2D eigenvalue weighted by molar-refractivity contribution is -0.117. The molecule has 0 bridgehead atoms. The maximum atomic E-state index is 12.0. The van der Waals surface area contributed by atoms with Gasteiger partial charge in [0.05, 0.1) is 5.39 Å². The average Bonchev–Trinajstić information content (AvgIpc) is 2.92. The highest BCUT2D eigenvalue weighted by Crippen LogP contribution is 2.30. The predicted molar refractivity (Wildman–Crippen MR) is 72.9 cm³/mol. The number of thioether (sulfide) groups is 1. The van der Waals surface area contributed by atoms with Crippen LogP contribution in [0.15, 0.2) is 18.3 Å². The van der Waals surface area contributed by atoms with Crippen LogP contribution < -0.4 is 4.90 Å². The first-order valence-electron chi connectivity index (χ1n) is 5.92. The summed E-state index contributed by atoms with van der Waals surface area (Å²) in [7, 11) is 0. The number of aromatic amines is 1. The average molecular weight is 276 g/mol. The number of pyridine rings is 1. The zero-order valence-electron chi connectivity index (χ0n) is 10.3. The summed E-state index contributed by atoms with van der Waals surface area (Å²) in [6, 6.07) is 3.68. The first kappa shape index (κ1) is 12.2. The molecule has 0 aliphatic carbocycles. The molecule has 1 atom stereocenters. The topological polar surface area (TPSA) is 79.0 Å². The number of nitrogens with zero attached hydrogens (tertiary/aromatic N) is 3. The number of anilines is 1. The fourth-order valence-electron chi connectivity index (χ4n) is 2.24. The summed E-state index contributed by atoms with van der Waals surface area (Å²) in [6.45, 7) is 2.03. The lowest BCUT2D eigenvalue weighted by Crippen LogP contribution is -2.25. The molecule has 0 spiro atoms. The molecule has 1 aliphatic rings. The van der Waals surface area contributed by atoms with E-state index in [4.69, 9.17) is 0 Å². The van der Waals surface area contributed by atoms with Gasteiger partial charge in [0.1, 0.15) is 0 Å². The summed E-state index contributed by atoms with van der Waals surface area (Å²) in [5, 5.41) is 7.84. The van der Waals surface area contributed by atoms with Crippen molar-refractivity contribution in [2.24, 2.45) is 0 Å². The highest BCUT2D eigenvalue weighted by atomic mass is 32.2. The van der Waals surface area contributed by atoms with Crippen molar-refractivity contribution in [1.82, 2.24) is 15.2 Å². The summed E-state index contributed by atoms with van der Waals surface area (Å²) in [5.41, 5.74) is 0.660. The molecule has 0 aromatic carbocycles. The van der Waals surface area contributed by atoms with E-state index >= 15 is 0 Å². The summed E-state index contributed by atoms with van der Waals surface area (Å²) < 4.78 is 0. The Bertz CT molecular complexity index is 654. The van der Waals surface area contributed by atoms with Crippen molar-refractivity contribution in [3.05, 3.63) is 18.3 Å². The Kier molecular flexibility index (Phi) is 2.98. The molecule has 3 heterocycles. The molecule has 2 aromatic rings. The maximum absolute atomic E-state index is 12.0. The van der Waals surface area contributed by atoms with Crippen LogP contribution in [0.25, 0.3) is 11.0 Å². The molecule has 1 N–H and O–H groups in total. The molecule has 2 aromatic heterocycles. The van der Waals surface area contributed by atoms with E-state index < -0.39 is 0 Å². The number of hydrogen-bond donors (Lipinski definition) is 1. The number of rotatable bonds is 2. The maximum Gasteiger partial charge on any atom is 0.229 e. The van der Waals surface area contributed by atoms with Crippen LogP contribution in [-0.4, -0.2) is 38.0 Å². The SMILES string of the molecule is CC(=O)SC1CC(=O)N(c2n[nH]c3ncccc23)C1. The minimum absolute atomic E-state index is 0.00370. The van der Waals surface area contributed by atoms with Gasteiger partial charge in [0.25, 0.3) is 0 Å². The van der Waals surface area contributed by atoms with Gasteiger partial charge in [-0.2, -0.15) is 5.10 Å². The lowest BCUT2D eigenvalue weighted by Gasteiger charge is -2.13.